The van der Waals surface area contributed by atoms with Crippen LogP contribution in [0.25, 0.3) is 0 Å². The van der Waals surface area contributed by atoms with Crippen LogP contribution < -0.4 is 0 Å². The van der Waals surface area contributed by atoms with Gasteiger partial charge in [0.05, 0.1) is 6.61 Å². The molecule has 66 heavy (non-hydrogen) atoms. The van der Waals surface area contributed by atoms with Gasteiger partial charge in [-0.3, -0.25) is 9.59 Å². The number of esters is 2. The first kappa shape index (κ1) is 63.9. The number of hydrogen-bond acceptors (Lipinski definition) is 5. The Balaban J connectivity index is 4.27. The SMILES string of the molecule is CC/C=C\C/C=C\C/C=C\C/C=C\CCCCC(=O)OC(COCCCCCCCCCCCCCCCCCCCC)COC(=O)CCCCCCCCCCCCCCCCCCC. The van der Waals surface area contributed by atoms with Gasteiger partial charge in [-0.15, -0.1) is 0 Å². The van der Waals surface area contributed by atoms with Crippen LogP contribution in [0.5, 0.6) is 0 Å². The predicted molar refractivity (Wildman–Crippen MR) is 288 cm³/mol. The predicted octanol–water partition coefficient (Wildman–Crippen LogP) is 19.9. The van der Waals surface area contributed by atoms with Gasteiger partial charge in [-0.1, -0.05) is 281 Å². The molecule has 0 bridgehead atoms. The molecule has 386 valence electrons. The lowest BCUT2D eigenvalue weighted by molar-refractivity contribution is -0.163. The van der Waals surface area contributed by atoms with Gasteiger partial charge in [0.25, 0.3) is 0 Å². The second-order valence-corrected chi connectivity index (χ2v) is 19.5. The van der Waals surface area contributed by atoms with Crippen LogP contribution in [0.1, 0.15) is 303 Å². The van der Waals surface area contributed by atoms with Gasteiger partial charge in [0.1, 0.15) is 6.61 Å². The minimum absolute atomic E-state index is 0.0740. The van der Waals surface area contributed by atoms with Crippen LogP contribution in [0, 0.1) is 0 Å². The van der Waals surface area contributed by atoms with Gasteiger partial charge < -0.3 is 14.2 Å². The lowest BCUT2D eigenvalue weighted by Crippen LogP contribution is -2.30. The third kappa shape index (κ3) is 54.5. The van der Waals surface area contributed by atoms with Gasteiger partial charge in [0.15, 0.2) is 6.10 Å². The van der Waals surface area contributed by atoms with E-state index in [1.807, 2.05) is 0 Å². The van der Waals surface area contributed by atoms with Gasteiger partial charge in [0, 0.05) is 19.4 Å². The van der Waals surface area contributed by atoms with E-state index in [0.29, 0.717) is 19.4 Å². The monoisotopic (exact) mass is 925 g/mol. The molecule has 1 unspecified atom stereocenters. The van der Waals surface area contributed by atoms with Crippen molar-refractivity contribution in [3.05, 3.63) is 48.6 Å². The minimum atomic E-state index is -0.554. The van der Waals surface area contributed by atoms with Gasteiger partial charge in [0.2, 0.25) is 0 Å². The average molecular weight is 926 g/mol. The number of rotatable bonds is 54. The van der Waals surface area contributed by atoms with Crippen molar-refractivity contribution in [3.8, 4) is 0 Å². The average Bonchev–Trinajstić information content (AvgIpc) is 3.32. The van der Waals surface area contributed by atoms with Crippen molar-refractivity contribution in [1.29, 1.82) is 0 Å². The lowest BCUT2D eigenvalue weighted by Gasteiger charge is -2.18. The van der Waals surface area contributed by atoms with Crippen molar-refractivity contribution in [3.63, 3.8) is 0 Å². The number of carbonyl (C=O) groups is 2. The van der Waals surface area contributed by atoms with E-state index in [-0.39, 0.29) is 25.2 Å². The third-order valence-corrected chi connectivity index (χ3v) is 12.9. The topological polar surface area (TPSA) is 61.8 Å². The van der Waals surface area contributed by atoms with Crippen LogP contribution >= 0.6 is 0 Å². The maximum atomic E-state index is 12.8. The van der Waals surface area contributed by atoms with Crippen molar-refractivity contribution in [2.24, 2.45) is 0 Å². The van der Waals surface area contributed by atoms with Crippen molar-refractivity contribution < 1.29 is 23.8 Å². The largest absolute Gasteiger partial charge is 0.462 e. The van der Waals surface area contributed by atoms with E-state index in [2.05, 4.69) is 69.4 Å². The molecule has 0 aliphatic heterocycles. The minimum Gasteiger partial charge on any atom is -0.462 e. The Hall–Kier alpha value is -2.14. The van der Waals surface area contributed by atoms with E-state index in [1.165, 1.54) is 199 Å². The molecule has 0 heterocycles. The van der Waals surface area contributed by atoms with Crippen molar-refractivity contribution in [1.82, 2.24) is 0 Å². The molecule has 0 N–H and O–H groups in total. The molecule has 1 atom stereocenters. The highest BCUT2D eigenvalue weighted by Gasteiger charge is 2.17. The van der Waals surface area contributed by atoms with Gasteiger partial charge in [-0.2, -0.15) is 0 Å². The fourth-order valence-corrected chi connectivity index (χ4v) is 8.56. The highest BCUT2D eigenvalue weighted by molar-refractivity contribution is 5.70. The molecule has 0 aromatic rings. The molecule has 0 aliphatic carbocycles. The summed E-state index contributed by atoms with van der Waals surface area (Å²) in [7, 11) is 0. The molecular weight excluding hydrogens is 813 g/mol. The number of unbranched alkanes of at least 4 members (excludes halogenated alkanes) is 35. The molecule has 0 radical (unpaired) electrons. The first-order valence-corrected chi connectivity index (χ1v) is 29.2. The summed E-state index contributed by atoms with van der Waals surface area (Å²) in [5, 5.41) is 0. The highest BCUT2D eigenvalue weighted by Crippen LogP contribution is 2.17. The smallest absolute Gasteiger partial charge is 0.306 e. The Bertz CT molecular complexity index is 1090. The normalized spacial score (nSPS) is 12.5. The molecule has 0 aromatic heterocycles. The number of carbonyl (C=O) groups excluding carboxylic acids is 2. The first-order valence-electron chi connectivity index (χ1n) is 29.2. The third-order valence-electron chi connectivity index (χ3n) is 12.9. The molecule has 0 spiro atoms. The second kappa shape index (κ2) is 57.2. The summed E-state index contributed by atoms with van der Waals surface area (Å²) in [6, 6.07) is 0. The standard InChI is InChI=1S/C61H112O5/c1-4-7-10-13-16-19-22-25-28-30-32-35-38-41-44-47-50-53-56-64-57-59(66-61(63)55-52-49-46-43-40-37-33-27-24-21-18-15-12-9-6-3)58-65-60(62)54-51-48-45-42-39-36-34-31-29-26-23-20-17-14-11-8-5-2/h9,12,18,21,27,33,40,43,59H,4-8,10-11,13-17,19-20,22-26,28-32,34-39,41-42,44-58H2,1-3H3/b12-9-,21-18-,33-27-,43-40-. The van der Waals surface area contributed by atoms with Crippen LogP contribution in [-0.4, -0.2) is 37.9 Å². The van der Waals surface area contributed by atoms with E-state index in [1.54, 1.807) is 0 Å². The number of ether oxygens (including phenoxy) is 3. The van der Waals surface area contributed by atoms with Gasteiger partial charge in [-0.05, 0) is 57.8 Å². The van der Waals surface area contributed by atoms with Crippen molar-refractivity contribution in [2.75, 3.05) is 19.8 Å². The molecule has 0 fully saturated rings. The number of hydrogen-bond donors (Lipinski definition) is 0. The quantitative estimate of drug-likeness (QED) is 0.0345. The van der Waals surface area contributed by atoms with Crippen LogP contribution in [-0.2, 0) is 23.8 Å². The Morgan fingerprint density at radius 3 is 1.09 bits per heavy atom. The van der Waals surface area contributed by atoms with Crippen LogP contribution in [0.3, 0.4) is 0 Å². The van der Waals surface area contributed by atoms with Crippen LogP contribution in [0.2, 0.25) is 0 Å². The first-order chi connectivity index (χ1) is 32.6. The van der Waals surface area contributed by atoms with E-state index < -0.39 is 6.10 Å². The Morgan fingerprint density at radius 1 is 0.348 bits per heavy atom. The molecule has 0 aromatic carbocycles. The summed E-state index contributed by atoms with van der Waals surface area (Å²) in [5.41, 5.74) is 0. The zero-order valence-electron chi connectivity index (χ0n) is 44.5. The Labute approximate surface area is 412 Å². The Morgan fingerprint density at radius 2 is 0.682 bits per heavy atom. The fourth-order valence-electron chi connectivity index (χ4n) is 8.56. The highest BCUT2D eigenvalue weighted by atomic mass is 16.6. The van der Waals surface area contributed by atoms with E-state index in [4.69, 9.17) is 14.2 Å². The van der Waals surface area contributed by atoms with E-state index >= 15 is 0 Å². The molecular formula is C61H112O5. The molecule has 0 saturated carbocycles. The lowest BCUT2D eigenvalue weighted by atomic mass is 10.0. The summed E-state index contributed by atoms with van der Waals surface area (Å²) in [4.78, 5) is 25.5. The summed E-state index contributed by atoms with van der Waals surface area (Å²) in [6.45, 7) is 7.73. The number of allylic oxidation sites excluding steroid dienone is 8. The Kier molecular flexibility index (Phi) is 55.3. The van der Waals surface area contributed by atoms with Crippen molar-refractivity contribution in [2.45, 2.75) is 309 Å². The molecule has 0 saturated heterocycles. The summed E-state index contributed by atoms with van der Waals surface area (Å²) in [5.74, 6) is -0.426. The van der Waals surface area contributed by atoms with E-state index in [0.717, 1.165) is 70.6 Å². The zero-order valence-corrected chi connectivity index (χ0v) is 44.5. The van der Waals surface area contributed by atoms with Gasteiger partial charge in [-0.25, -0.2) is 0 Å². The molecule has 0 amide bonds. The molecule has 5 heteroatoms. The maximum Gasteiger partial charge on any atom is 0.306 e. The molecule has 0 aliphatic rings. The van der Waals surface area contributed by atoms with E-state index in [9.17, 15) is 9.59 Å². The second-order valence-electron chi connectivity index (χ2n) is 19.5. The molecule has 0 rings (SSSR count). The van der Waals surface area contributed by atoms with Crippen LogP contribution in [0.15, 0.2) is 48.6 Å². The zero-order chi connectivity index (χ0) is 47.7. The summed E-state index contributed by atoms with van der Waals surface area (Å²) in [6.07, 6.45) is 71.4. The van der Waals surface area contributed by atoms with Crippen LogP contribution in [0.4, 0.5) is 0 Å². The summed E-state index contributed by atoms with van der Waals surface area (Å²) < 4.78 is 17.5. The fraction of sp³-hybridized carbons (Fsp3) is 0.836. The maximum absolute atomic E-state index is 12.8. The van der Waals surface area contributed by atoms with Crippen molar-refractivity contribution >= 4 is 11.9 Å². The van der Waals surface area contributed by atoms with Gasteiger partial charge >= 0.3 is 11.9 Å². The summed E-state index contributed by atoms with van der Waals surface area (Å²) >= 11 is 0. The molecule has 5 nitrogen and oxygen atoms in total.